The Morgan fingerprint density at radius 3 is 2.82 bits per heavy atom. The van der Waals surface area contributed by atoms with Gasteiger partial charge in [-0.25, -0.2) is 4.39 Å². The molecule has 5 heteroatoms. The quantitative estimate of drug-likeness (QED) is 0.790. The second-order valence-corrected chi connectivity index (χ2v) is 5.20. The molecule has 0 saturated carbocycles. The number of hydrogen-bond acceptors (Lipinski definition) is 3. The summed E-state index contributed by atoms with van der Waals surface area (Å²) < 4.78 is 15.3. The van der Waals surface area contributed by atoms with Gasteiger partial charge in [-0.3, -0.25) is 9.10 Å². The second-order valence-electron chi connectivity index (χ2n) is 4.63. The summed E-state index contributed by atoms with van der Waals surface area (Å²) >= 11 is 4.24. The maximum atomic E-state index is 13.4. The zero-order valence-corrected chi connectivity index (χ0v) is 10.5. The maximum Gasteiger partial charge on any atom is 0.254 e. The van der Waals surface area contributed by atoms with Crippen molar-refractivity contribution in [2.75, 3.05) is 13.1 Å². The van der Waals surface area contributed by atoms with Gasteiger partial charge in [-0.15, -0.1) is 0 Å². The van der Waals surface area contributed by atoms with Gasteiger partial charge in [-0.05, 0) is 25.5 Å². The van der Waals surface area contributed by atoms with Crippen LogP contribution in [0, 0.1) is 5.82 Å². The molecule has 1 atom stereocenters. The van der Waals surface area contributed by atoms with Gasteiger partial charge in [0.05, 0.1) is 11.1 Å². The Labute approximate surface area is 106 Å². The first-order valence-corrected chi connectivity index (χ1v) is 5.91. The number of nitrogens with one attached hydrogen (secondary N) is 1. The van der Waals surface area contributed by atoms with Crippen molar-refractivity contribution in [1.29, 1.82) is 0 Å². The predicted molar refractivity (Wildman–Crippen MR) is 67.4 cm³/mol. The van der Waals surface area contributed by atoms with Crippen LogP contribution in [0.5, 0.6) is 0 Å². The molecule has 0 spiro atoms. The summed E-state index contributed by atoms with van der Waals surface area (Å²) in [6, 6.07) is 6.00. The molecule has 0 radical (unpaired) electrons. The van der Waals surface area contributed by atoms with Crippen molar-refractivity contribution >= 4 is 18.7 Å². The fourth-order valence-corrected chi connectivity index (χ4v) is 2.44. The molecule has 3 nitrogen and oxygen atoms in total. The molecule has 1 unspecified atom stereocenters. The van der Waals surface area contributed by atoms with Gasteiger partial charge in [0.15, 0.2) is 0 Å². The van der Waals surface area contributed by atoms with Crippen molar-refractivity contribution in [1.82, 2.24) is 9.62 Å². The summed E-state index contributed by atoms with van der Waals surface area (Å²) in [4.78, 5) is 11.9. The van der Waals surface area contributed by atoms with E-state index in [-0.39, 0.29) is 17.0 Å². The van der Waals surface area contributed by atoms with Crippen LogP contribution in [0.1, 0.15) is 23.7 Å². The summed E-state index contributed by atoms with van der Waals surface area (Å²) in [6.45, 7) is 3.43. The Morgan fingerprint density at radius 1 is 1.53 bits per heavy atom. The lowest BCUT2D eigenvalue weighted by Gasteiger charge is -2.25. The molecule has 92 valence electrons. The molecule has 2 rings (SSSR count). The Balaban J connectivity index is 2.10. The van der Waals surface area contributed by atoms with Crippen molar-refractivity contribution in [3.63, 3.8) is 0 Å². The van der Waals surface area contributed by atoms with Gasteiger partial charge in [0.2, 0.25) is 0 Å². The molecule has 1 aliphatic rings. The number of nitrogens with zero attached hydrogens (tertiary/aromatic N) is 1. The molecule has 1 N–H and O–H groups in total. The third kappa shape index (κ3) is 2.79. The largest absolute Gasteiger partial charge is 0.345 e. The fourth-order valence-electron chi connectivity index (χ4n) is 2.03. The number of carbonyl (C=O) groups is 1. The van der Waals surface area contributed by atoms with E-state index in [1.807, 2.05) is 11.2 Å². The van der Waals surface area contributed by atoms with Crippen LogP contribution >= 0.6 is 12.8 Å². The van der Waals surface area contributed by atoms with Crippen LogP contribution in [0.25, 0.3) is 0 Å². The summed E-state index contributed by atoms with van der Waals surface area (Å²) in [7, 11) is 0. The fraction of sp³-hybridized carbons (Fsp3) is 0.417. The number of carbonyl (C=O) groups excluding carboxylic acids is 1. The van der Waals surface area contributed by atoms with Crippen molar-refractivity contribution < 1.29 is 9.18 Å². The van der Waals surface area contributed by atoms with Gasteiger partial charge >= 0.3 is 0 Å². The van der Waals surface area contributed by atoms with Crippen LogP contribution in [0.4, 0.5) is 4.39 Å². The normalized spacial score (nSPS) is 24.9. The highest BCUT2D eigenvalue weighted by Gasteiger charge is 2.34. The van der Waals surface area contributed by atoms with Gasteiger partial charge in [-0.1, -0.05) is 24.9 Å². The zero-order chi connectivity index (χ0) is 12.5. The highest BCUT2D eigenvalue weighted by molar-refractivity contribution is 7.77. The molecule has 0 aromatic heterocycles. The Morgan fingerprint density at radius 2 is 2.24 bits per heavy atom. The Bertz CT molecular complexity index is 440. The first-order chi connectivity index (χ1) is 8.00. The molecule has 1 saturated heterocycles. The van der Waals surface area contributed by atoms with Gasteiger partial charge in [0.25, 0.3) is 5.91 Å². The van der Waals surface area contributed by atoms with Crippen molar-refractivity contribution in [2.24, 2.45) is 0 Å². The van der Waals surface area contributed by atoms with E-state index in [0.717, 1.165) is 13.0 Å². The third-order valence-corrected chi connectivity index (χ3v) is 3.33. The van der Waals surface area contributed by atoms with Crippen LogP contribution in [0.2, 0.25) is 0 Å². The minimum absolute atomic E-state index is 0.0892. The Hall–Kier alpha value is -1.07. The molecule has 1 aliphatic heterocycles. The van der Waals surface area contributed by atoms with Crippen LogP contribution in [-0.2, 0) is 0 Å². The number of rotatable bonds is 2. The van der Waals surface area contributed by atoms with E-state index in [1.54, 1.807) is 12.1 Å². The second kappa shape index (κ2) is 4.66. The smallest absolute Gasteiger partial charge is 0.254 e. The highest BCUT2D eigenvalue weighted by atomic mass is 32.1. The summed E-state index contributed by atoms with van der Waals surface area (Å²) in [5.41, 5.74) is -0.243. The van der Waals surface area contributed by atoms with Crippen molar-refractivity contribution in [2.45, 2.75) is 18.9 Å². The van der Waals surface area contributed by atoms with Crippen molar-refractivity contribution in [3.8, 4) is 0 Å². The predicted octanol–water partition coefficient (Wildman–Crippen LogP) is 1.86. The molecular formula is C12H15FN2OS. The lowest BCUT2D eigenvalue weighted by Crippen LogP contribution is -2.47. The SMILES string of the molecule is CC1(NC(=O)c2ccccc2F)CCN(S)C1. The summed E-state index contributed by atoms with van der Waals surface area (Å²) in [5, 5.41) is 2.87. The first kappa shape index (κ1) is 12.4. The number of hydrogen-bond donors (Lipinski definition) is 2. The minimum Gasteiger partial charge on any atom is -0.345 e. The molecule has 0 bridgehead atoms. The van der Waals surface area contributed by atoms with E-state index < -0.39 is 5.82 Å². The van der Waals surface area contributed by atoms with Crippen LogP contribution < -0.4 is 5.32 Å². The number of benzene rings is 1. The molecule has 0 aliphatic carbocycles. The zero-order valence-electron chi connectivity index (χ0n) is 9.61. The topological polar surface area (TPSA) is 32.3 Å². The maximum absolute atomic E-state index is 13.4. The van der Waals surface area contributed by atoms with Crippen LogP contribution in [0.3, 0.4) is 0 Å². The van der Waals surface area contributed by atoms with Gasteiger partial charge in [-0.2, -0.15) is 0 Å². The lowest BCUT2D eigenvalue weighted by molar-refractivity contribution is 0.0907. The third-order valence-electron chi connectivity index (χ3n) is 2.99. The summed E-state index contributed by atoms with van der Waals surface area (Å²) in [6.07, 6.45) is 0.816. The van der Waals surface area contributed by atoms with Crippen LogP contribution in [0.15, 0.2) is 24.3 Å². The monoisotopic (exact) mass is 254 g/mol. The Kier molecular flexibility index (Phi) is 3.40. The van der Waals surface area contributed by atoms with E-state index in [2.05, 4.69) is 18.1 Å². The number of amides is 1. The molecule has 1 fully saturated rings. The summed E-state index contributed by atoms with van der Waals surface area (Å²) in [5.74, 6) is -0.858. The molecule has 1 aromatic carbocycles. The lowest BCUT2D eigenvalue weighted by atomic mass is 10.0. The average molecular weight is 254 g/mol. The standard InChI is InChI=1S/C12H15FN2OS/c1-12(6-7-15(17)8-12)14-11(16)9-4-2-3-5-10(9)13/h2-5,17H,6-8H2,1H3,(H,14,16). The van der Waals surface area contributed by atoms with E-state index >= 15 is 0 Å². The van der Waals surface area contributed by atoms with Crippen molar-refractivity contribution in [3.05, 3.63) is 35.6 Å². The molecular weight excluding hydrogens is 239 g/mol. The van der Waals surface area contributed by atoms with E-state index in [9.17, 15) is 9.18 Å². The van der Waals surface area contributed by atoms with Crippen LogP contribution in [-0.4, -0.2) is 28.8 Å². The number of halogens is 1. The number of thiol groups is 1. The average Bonchev–Trinajstić information content (AvgIpc) is 2.58. The van der Waals surface area contributed by atoms with E-state index in [4.69, 9.17) is 0 Å². The van der Waals surface area contributed by atoms with Gasteiger partial charge in [0.1, 0.15) is 5.82 Å². The molecule has 17 heavy (non-hydrogen) atoms. The molecule has 1 aromatic rings. The minimum atomic E-state index is -0.491. The molecule has 1 heterocycles. The first-order valence-electron chi connectivity index (χ1n) is 5.51. The molecule has 1 amide bonds. The van der Waals surface area contributed by atoms with Gasteiger partial charge in [0, 0.05) is 13.1 Å². The highest BCUT2D eigenvalue weighted by Crippen LogP contribution is 2.22. The van der Waals surface area contributed by atoms with Gasteiger partial charge < -0.3 is 5.32 Å². The van der Waals surface area contributed by atoms with E-state index in [0.29, 0.717) is 6.54 Å². The van der Waals surface area contributed by atoms with E-state index in [1.165, 1.54) is 12.1 Å².